The van der Waals surface area contributed by atoms with E-state index in [1.165, 1.54) is 0 Å². The van der Waals surface area contributed by atoms with E-state index in [0.717, 1.165) is 10.9 Å². The Hall–Kier alpha value is -1.28. The zero-order valence-corrected chi connectivity index (χ0v) is 8.28. The highest BCUT2D eigenvalue weighted by molar-refractivity contribution is 7.59. The minimum absolute atomic E-state index is 0.206. The summed E-state index contributed by atoms with van der Waals surface area (Å²) in [5.41, 5.74) is 4.67. The van der Waals surface area contributed by atoms with E-state index in [-0.39, 0.29) is 6.54 Å². The fourth-order valence-corrected chi connectivity index (χ4v) is 1.23. The van der Waals surface area contributed by atoms with Gasteiger partial charge in [0.25, 0.3) is 0 Å². The maximum absolute atomic E-state index is 10.7. The van der Waals surface area contributed by atoms with Crippen molar-refractivity contribution in [3.8, 4) is 0 Å². The normalized spacial score (nSPS) is 13.8. The molecule has 5 N–H and O–H groups in total. The molecule has 0 aliphatic rings. The lowest BCUT2D eigenvalue weighted by molar-refractivity contribution is -0.138. The van der Waals surface area contributed by atoms with Crippen molar-refractivity contribution < 1.29 is 24.3 Å². The van der Waals surface area contributed by atoms with Crippen LogP contribution in [0.4, 0.5) is 0 Å². The van der Waals surface area contributed by atoms with E-state index in [2.05, 4.69) is 10.3 Å². The second-order valence-electron chi connectivity index (χ2n) is 2.79. The summed E-state index contributed by atoms with van der Waals surface area (Å²) in [6, 6.07) is -1.20. The van der Waals surface area contributed by atoms with Crippen molar-refractivity contribution in [2.45, 2.75) is 12.6 Å². The molecular formula is C5H9N4O5P. The number of nitrogens with zero attached hydrogens (tertiary/aromatic N) is 3. The van der Waals surface area contributed by atoms with Crippen molar-refractivity contribution in [2.24, 2.45) is 5.73 Å². The summed E-state index contributed by atoms with van der Waals surface area (Å²) in [4.78, 5) is 27.8. The highest BCUT2D eigenvalue weighted by Gasteiger charge is 2.22. The Labute approximate surface area is 83.7 Å². The van der Waals surface area contributed by atoms with Gasteiger partial charge in [0.05, 0.1) is 12.7 Å². The van der Waals surface area contributed by atoms with Crippen LogP contribution < -0.4 is 11.2 Å². The van der Waals surface area contributed by atoms with Crippen LogP contribution in [-0.4, -0.2) is 41.9 Å². The molecule has 0 fully saturated rings. The molecule has 0 spiro atoms. The van der Waals surface area contributed by atoms with Gasteiger partial charge in [0.2, 0.25) is 0 Å². The summed E-state index contributed by atoms with van der Waals surface area (Å²) in [6.45, 7) is -0.206. The van der Waals surface area contributed by atoms with Gasteiger partial charge in [-0.3, -0.25) is 9.36 Å². The first-order valence-electron chi connectivity index (χ1n) is 3.75. The van der Waals surface area contributed by atoms with Crippen molar-refractivity contribution in [3.05, 3.63) is 6.20 Å². The number of rotatable bonds is 4. The number of carbonyl (C=O) groups is 1. The molecule has 0 aliphatic carbocycles. The predicted molar refractivity (Wildman–Crippen MR) is 47.3 cm³/mol. The second-order valence-corrected chi connectivity index (χ2v) is 4.33. The van der Waals surface area contributed by atoms with Crippen LogP contribution in [0.2, 0.25) is 0 Å². The van der Waals surface area contributed by atoms with E-state index in [4.69, 9.17) is 20.6 Å². The van der Waals surface area contributed by atoms with Crippen LogP contribution in [0.15, 0.2) is 6.20 Å². The van der Waals surface area contributed by atoms with Gasteiger partial charge in [-0.2, -0.15) is 0 Å². The molecule has 1 aromatic heterocycles. The highest BCUT2D eigenvalue weighted by Crippen LogP contribution is 2.31. The third-order valence-corrected chi connectivity index (χ3v) is 2.33. The fraction of sp³-hybridized carbons (Fsp3) is 0.400. The standard InChI is InChI=1S/C5H9N4O5P/c6-3(5(10)11)1-9-2-4(7-8-9)15(12,13)14/h2-3H,1,6H2,(H,10,11)(H2,12,13,14)/t3-/m0/s1. The fourth-order valence-electron chi connectivity index (χ4n) is 0.790. The van der Waals surface area contributed by atoms with Crippen LogP contribution >= 0.6 is 7.60 Å². The molecule has 0 amide bonds. The van der Waals surface area contributed by atoms with Crippen LogP contribution in [0.1, 0.15) is 0 Å². The van der Waals surface area contributed by atoms with Gasteiger partial charge in [-0.15, -0.1) is 5.10 Å². The average molecular weight is 236 g/mol. The maximum Gasteiger partial charge on any atom is 0.377 e. The molecular weight excluding hydrogens is 227 g/mol. The van der Waals surface area contributed by atoms with Crippen molar-refractivity contribution >= 4 is 19.0 Å². The number of carboxylic acids is 1. The minimum Gasteiger partial charge on any atom is -0.480 e. The molecule has 0 saturated heterocycles. The van der Waals surface area contributed by atoms with Gasteiger partial charge >= 0.3 is 13.6 Å². The Balaban J connectivity index is 2.78. The molecule has 1 rings (SSSR count). The molecule has 84 valence electrons. The summed E-state index contributed by atoms with van der Waals surface area (Å²) in [7, 11) is -4.45. The number of carboxylic acid groups (broad SMARTS) is 1. The van der Waals surface area contributed by atoms with E-state index in [1.54, 1.807) is 0 Å². The molecule has 0 aliphatic heterocycles. The van der Waals surface area contributed by atoms with E-state index in [0.29, 0.717) is 0 Å². The summed E-state index contributed by atoms with van der Waals surface area (Å²) >= 11 is 0. The first-order valence-corrected chi connectivity index (χ1v) is 5.36. The number of aromatic nitrogens is 3. The molecule has 1 aromatic rings. The molecule has 0 radical (unpaired) electrons. The topological polar surface area (TPSA) is 152 Å². The van der Waals surface area contributed by atoms with Gasteiger partial charge < -0.3 is 20.6 Å². The molecule has 0 unspecified atom stereocenters. The van der Waals surface area contributed by atoms with Gasteiger partial charge in [0.15, 0.2) is 5.44 Å². The minimum atomic E-state index is -4.45. The van der Waals surface area contributed by atoms with Crippen molar-refractivity contribution in [1.29, 1.82) is 0 Å². The third-order valence-electron chi connectivity index (χ3n) is 1.53. The van der Waals surface area contributed by atoms with Crippen molar-refractivity contribution in [1.82, 2.24) is 15.0 Å². The monoisotopic (exact) mass is 236 g/mol. The van der Waals surface area contributed by atoms with Crippen LogP contribution in [0.5, 0.6) is 0 Å². The Kier molecular flexibility index (Phi) is 3.20. The number of nitrogens with two attached hydrogens (primary N) is 1. The third kappa shape index (κ3) is 3.10. The Morgan fingerprint density at radius 3 is 2.67 bits per heavy atom. The van der Waals surface area contributed by atoms with Gasteiger partial charge in [0, 0.05) is 0 Å². The zero-order valence-electron chi connectivity index (χ0n) is 7.39. The van der Waals surface area contributed by atoms with Crippen LogP contribution in [0.25, 0.3) is 0 Å². The molecule has 1 atom stereocenters. The Morgan fingerprint density at radius 2 is 2.27 bits per heavy atom. The molecule has 1 heterocycles. The van der Waals surface area contributed by atoms with Crippen LogP contribution in [-0.2, 0) is 15.9 Å². The molecule has 10 heteroatoms. The molecule has 15 heavy (non-hydrogen) atoms. The summed E-state index contributed by atoms with van der Waals surface area (Å²) in [5, 5.41) is 15.0. The molecule has 0 saturated carbocycles. The Bertz CT molecular complexity index is 411. The lowest BCUT2D eigenvalue weighted by Gasteiger charge is -2.04. The number of aliphatic carboxylic acids is 1. The van der Waals surface area contributed by atoms with Gasteiger partial charge in [-0.1, -0.05) is 5.21 Å². The van der Waals surface area contributed by atoms with Gasteiger partial charge in [-0.25, -0.2) is 4.68 Å². The molecule has 0 aromatic carbocycles. The first kappa shape index (κ1) is 11.8. The van der Waals surface area contributed by atoms with Crippen LogP contribution in [0.3, 0.4) is 0 Å². The quantitative estimate of drug-likeness (QED) is 0.418. The largest absolute Gasteiger partial charge is 0.480 e. The number of hydrogen-bond acceptors (Lipinski definition) is 5. The van der Waals surface area contributed by atoms with Crippen LogP contribution in [0, 0.1) is 0 Å². The Morgan fingerprint density at radius 1 is 1.67 bits per heavy atom. The zero-order chi connectivity index (χ0) is 11.6. The maximum atomic E-state index is 10.7. The summed E-state index contributed by atoms with van der Waals surface area (Å²) in [5.74, 6) is -1.23. The summed E-state index contributed by atoms with van der Waals surface area (Å²) in [6.07, 6.45) is 0.962. The first-order chi connectivity index (χ1) is 6.80. The molecule has 0 bridgehead atoms. The molecule has 9 nitrogen and oxygen atoms in total. The van der Waals surface area contributed by atoms with Gasteiger partial charge in [0.1, 0.15) is 6.04 Å². The van der Waals surface area contributed by atoms with Crippen molar-refractivity contribution in [2.75, 3.05) is 0 Å². The lowest BCUT2D eigenvalue weighted by Crippen LogP contribution is -2.34. The van der Waals surface area contributed by atoms with E-state index in [9.17, 15) is 9.36 Å². The van der Waals surface area contributed by atoms with E-state index in [1.807, 2.05) is 0 Å². The highest BCUT2D eigenvalue weighted by atomic mass is 31.2. The lowest BCUT2D eigenvalue weighted by atomic mass is 10.3. The average Bonchev–Trinajstić information content (AvgIpc) is 2.51. The predicted octanol–water partition coefficient (Wildman–Crippen LogP) is -2.51. The second kappa shape index (κ2) is 4.07. The van der Waals surface area contributed by atoms with Crippen molar-refractivity contribution in [3.63, 3.8) is 0 Å². The van der Waals surface area contributed by atoms with E-state index < -0.39 is 25.0 Å². The number of hydrogen-bond donors (Lipinski definition) is 4. The van der Waals surface area contributed by atoms with E-state index >= 15 is 0 Å². The smallest absolute Gasteiger partial charge is 0.377 e. The summed E-state index contributed by atoms with van der Waals surface area (Å²) < 4.78 is 11.7. The van der Waals surface area contributed by atoms with Gasteiger partial charge in [-0.05, 0) is 0 Å². The SMILES string of the molecule is N[C@@H](Cn1cc(P(=O)(O)O)nn1)C(=O)O.